The quantitative estimate of drug-likeness (QED) is 0.844. The van der Waals surface area contributed by atoms with E-state index in [2.05, 4.69) is 12.2 Å². The molecule has 0 amide bonds. The molecule has 1 fully saturated rings. The molecule has 18 heavy (non-hydrogen) atoms. The maximum atomic E-state index is 13.1. The smallest absolute Gasteiger partial charge is 0.159 e. The molecule has 0 bridgehead atoms. The van der Waals surface area contributed by atoms with Crippen LogP contribution in [0.2, 0.25) is 0 Å². The van der Waals surface area contributed by atoms with Gasteiger partial charge in [-0.25, -0.2) is 8.78 Å². The lowest BCUT2D eigenvalue weighted by atomic mass is 9.97. The summed E-state index contributed by atoms with van der Waals surface area (Å²) in [6.45, 7) is 3.24. The van der Waals surface area contributed by atoms with Gasteiger partial charge >= 0.3 is 0 Å². The Balaban J connectivity index is 1.85. The normalized spacial score (nSPS) is 23.5. The first-order valence-corrected chi connectivity index (χ1v) is 6.86. The van der Waals surface area contributed by atoms with Crippen LogP contribution in [-0.2, 0) is 6.42 Å². The van der Waals surface area contributed by atoms with Crippen LogP contribution in [-0.4, -0.2) is 12.6 Å². The molecule has 100 valence electrons. The predicted molar refractivity (Wildman–Crippen MR) is 69.5 cm³/mol. The highest BCUT2D eigenvalue weighted by Crippen LogP contribution is 2.29. The van der Waals surface area contributed by atoms with E-state index in [9.17, 15) is 8.78 Å². The Kier molecular flexibility index (Phi) is 4.70. The monoisotopic (exact) mass is 253 g/mol. The van der Waals surface area contributed by atoms with Crippen molar-refractivity contribution in [3.8, 4) is 0 Å². The third kappa shape index (κ3) is 3.52. The summed E-state index contributed by atoms with van der Waals surface area (Å²) in [4.78, 5) is 0. The Bertz CT molecular complexity index is 392. The van der Waals surface area contributed by atoms with Crippen LogP contribution < -0.4 is 5.32 Å². The maximum Gasteiger partial charge on any atom is 0.159 e. The average Bonchev–Trinajstić information content (AvgIpc) is 2.79. The fourth-order valence-electron chi connectivity index (χ4n) is 2.79. The third-order valence-electron chi connectivity index (χ3n) is 3.73. The minimum Gasteiger partial charge on any atom is -0.314 e. The maximum absolute atomic E-state index is 13.1. The molecule has 2 rings (SSSR count). The molecule has 1 aliphatic rings. The largest absolute Gasteiger partial charge is 0.314 e. The van der Waals surface area contributed by atoms with Gasteiger partial charge in [-0.3, -0.25) is 0 Å². The predicted octanol–water partition coefficient (Wildman–Crippen LogP) is 3.68. The van der Waals surface area contributed by atoms with Crippen molar-refractivity contribution < 1.29 is 8.78 Å². The molecule has 0 saturated heterocycles. The average molecular weight is 253 g/mol. The molecule has 0 heterocycles. The molecule has 2 unspecified atom stereocenters. The minimum absolute atomic E-state index is 0.601. The molecule has 0 radical (unpaired) electrons. The molecular formula is C15H21F2N. The van der Waals surface area contributed by atoms with Gasteiger partial charge in [0.15, 0.2) is 11.6 Å². The number of nitrogens with one attached hydrogen (secondary N) is 1. The van der Waals surface area contributed by atoms with Gasteiger partial charge in [0.05, 0.1) is 0 Å². The number of hydrogen-bond acceptors (Lipinski definition) is 1. The zero-order valence-corrected chi connectivity index (χ0v) is 10.9. The van der Waals surface area contributed by atoms with Crippen molar-refractivity contribution in [2.45, 2.75) is 45.1 Å². The van der Waals surface area contributed by atoms with Gasteiger partial charge in [-0.15, -0.1) is 0 Å². The van der Waals surface area contributed by atoms with Crippen molar-refractivity contribution in [2.24, 2.45) is 5.92 Å². The second-order valence-corrected chi connectivity index (χ2v) is 5.28. The molecule has 1 aromatic carbocycles. The fourth-order valence-corrected chi connectivity index (χ4v) is 2.79. The highest BCUT2D eigenvalue weighted by Gasteiger charge is 2.24. The SMILES string of the molecule is CCCNC1CCC(Cc2ccc(F)c(F)c2)C1. The van der Waals surface area contributed by atoms with Crippen molar-refractivity contribution in [3.63, 3.8) is 0 Å². The summed E-state index contributed by atoms with van der Waals surface area (Å²) in [5.41, 5.74) is 0.912. The van der Waals surface area contributed by atoms with E-state index in [1.54, 1.807) is 6.07 Å². The van der Waals surface area contributed by atoms with Crippen molar-refractivity contribution in [1.82, 2.24) is 5.32 Å². The van der Waals surface area contributed by atoms with Crippen LogP contribution in [0.4, 0.5) is 8.78 Å². The van der Waals surface area contributed by atoms with Crippen molar-refractivity contribution >= 4 is 0 Å². The van der Waals surface area contributed by atoms with Crippen LogP contribution in [0.25, 0.3) is 0 Å². The molecule has 1 aromatic rings. The Morgan fingerprint density at radius 2 is 2.06 bits per heavy atom. The molecule has 3 heteroatoms. The first-order chi connectivity index (χ1) is 8.69. The van der Waals surface area contributed by atoms with Crippen LogP contribution in [0.1, 0.15) is 38.2 Å². The van der Waals surface area contributed by atoms with E-state index in [0.717, 1.165) is 31.4 Å². The van der Waals surface area contributed by atoms with Gasteiger partial charge in [0.2, 0.25) is 0 Å². The lowest BCUT2D eigenvalue weighted by Gasteiger charge is -2.13. The first-order valence-electron chi connectivity index (χ1n) is 6.86. The molecule has 0 aliphatic heterocycles. The van der Waals surface area contributed by atoms with Crippen molar-refractivity contribution in [3.05, 3.63) is 35.4 Å². The third-order valence-corrected chi connectivity index (χ3v) is 3.73. The van der Waals surface area contributed by atoms with Crippen LogP contribution in [0.5, 0.6) is 0 Å². The molecule has 2 atom stereocenters. The molecule has 1 nitrogen and oxygen atoms in total. The van der Waals surface area contributed by atoms with Crippen molar-refractivity contribution in [1.29, 1.82) is 0 Å². The summed E-state index contributed by atoms with van der Waals surface area (Å²) >= 11 is 0. The van der Waals surface area contributed by atoms with Gasteiger partial charge in [-0.1, -0.05) is 13.0 Å². The van der Waals surface area contributed by atoms with Crippen LogP contribution >= 0.6 is 0 Å². The zero-order chi connectivity index (χ0) is 13.0. The lowest BCUT2D eigenvalue weighted by Crippen LogP contribution is -2.27. The van der Waals surface area contributed by atoms with Gasteiger partial charge in [-0.05, 0) is 62.3 Å². The molecular weight excluding hydrogens is 232 g/mol. The molecule has 0 aromatic heterocycles. The van der Waals surface area contributed by atoms with E-state index in [1.807, 2.05) is 0 Å². The van der Waals surface area contributed by atoms with Gasteiger partial charge in [-0.2, -0.15) is 0 Å². The second-order valence-electron chi connectivity index (χ2n) is 5.28. The number of halogens is 2. The summed E-state index contributed by atoms with van der Waals surface area (Å²) in [6.07, 6.45) is 5.56. The van der Waals surface area contributed by atoms with Crippen LogP contribution in [0.3, 0.4) is 0 Å². The van der Waals surface area contributed by atoms with Gasteiger partial charge < -0.3 is 5.32 Å². The van der Waals surface area contributed by atoms with Crippen LogP contribution in [0.15, 0.2) is 18.2 Å². The van der Waals surface area contributed by atoms with Crippen molar-refractivity contribution in [2.75, 3.05) is 6.54 Å². The summed E-state index contributed by atoms with van der Waals surface area (Å²) in [7, 11) is 0. The van der Waals surface area contributed by atoms with E-state index in [0.29, 0.717) is 12.0 Å². The second kappa shape index (κ2) is 6.28. The lowest BCUT2D eigenvalue weighted by molar-refractivity contribution is 0.479. The van der Waals surface area contributed by atoms with Gasteiger partial charge in [0.25, 0.3) is 0 Å². The zero-order valence-electron chi connectivity index (χ0n) is 10.9. The highest BCUT2D eigenvalue weighted by atomic mass is 19.2. The van der Waals surface area contributed by atoms with E-state index in [1.165, 1.54) is 25.0 Å². The van der Waals surface area contributed by atoms with E-state index in [4.69, 9.17) is 0 Å². The summed E-state index contributed by atoms with van der Waals surface area (Å²) < 4.78 is 25.9. The highest BCUT2D eigenvalue weighted by molar-refractivity contribution is 5.18. The van der Waals surface area contributed by atoms with E-state index < -0.39 is 11.6 Å². The Morgan fingerprint density at radius 3 is 2.78 bits per heavy atom. The Morgan fingerprint density at radius 1 is 1.22 bits per heavy atom. The number of rotatable bonds is 5. The molecule has 1 N–H and O–H groups in total. The summed E-state index contributed by atoms with van der Waals surface area (Å²) in [5.74, 6) is -0.886. The number of benzene rings is 1. The summed E-state index contributed by atoms with van der Waals surface area (Å²) in [5, 5.41) is 3.53. The van der Waals surface area contributed by atoms with Gasteiger partial charge in [0, 0.05) is 6.04 Å². The van der Waals surface area contributed by atoms with Crippen LogP contribution in [0, 0.1) is 17.6 Å². The first kappa shape index (κ1) is 13.5. The Hall–Kier alpha value is -0.960. The molecule has 1 aliphatic carbocycles. The minimum atomic E-state index is -0.757. The molecule has 1 saturated carbocycles. The van der Waals surface area contributed by atoms with E-state index in [-0.39, 0.29) is 0 Å². The standard InChI is InChI=1S/C15H21F2N/c1-2-7-18-13-5-3-11(9-13)8-12-4-6-14(16)15(17)10-12/h4,6,10-11,13,18H,2-3,5,7-9H2,1H3. The fraction of sp³-hybridized carbons (Fsp3) is 0.600. The molecule has 0 spiro atoms. The summed E-state index contributed by atoms with van der Waals surface area (Å²) in [6, 6.07) is 4.88. The Labute approximate surface area is 108 Å². The topological polar surface area (TPSA) is 12.0 Å². The number of hydrogen-bond donors (Lipinski definition) is 1. The van der Waals surface area contributed by atoms with Gasteiger partial charge in [0.1, 0.15) is 0 Å². The van der Waals surface area contributed by atoms with E-state index >= 15 is 0 Å².